The molecule has 1 aromatic heterocycles. The van der Waals surface area contributed by atoms with Gasteiger partial charge in [-0.2, -0.15) is 0 Å². The predicted octanol–water partition coefficient (Wildman–Crippen LogP) is 3.93. The molecule has 86 valence electrons. The summed E-state index contributed by atoms with van der Waals surface area (Å²) in [6, 6.07) is 8.39. The first-order valence-corrected chi connectivity index (χ1v) is 5.76. The highest BCUT2D eigenvalue weighted by atomic mass is 35.5. The quantitative estimate of drug-likeness (QED) is 0.609. The van der Waals surface area contributed by atoms with Crippen molar-refractivity contribution in [3.05, 3.63) is 63.4 Å². The molecule has 0 unspecified atom stereocenters. The molecule has 0 amide bonds. The van der Waals surface area contributed by atoms with Gasteiger partial charge in [-0.3, -0.25) is 4.79 Å². The lowest BCUT2D eigenvalue weighted by atomic mass is 10.0. The first kappa shape index (κ1) is 12.1. The fourth-order valence-corrected chi connectivity index (χ4v) is 1.80. The topological polar surface area (TPSA) is 30.0 Å². The van der Waals surface area contributed by atoms with Crippen LogP contribution < -0.4 is 0 Å². The Bertz CT molecular complexity index is 581. The van der Waals surface area contributed by atoms with E-state index in [0.29, 0.717) is 21.3 Å². The maximum atomic E-state index is 12.1. The molecular weight excluding hydrogens is 257 g/mol. The Morgan fingerprint density at radius 2 is 1.82 bits per heavy atom. The number of halogens is 2. The van der Waals surface area contributed by atoms with Crippen LogP contribution in [0.2, 0.25) is 10.2 Å². The van der Waals surface area contributed by atoms with Crippen LogP contribution in [0.4, 0.5) is 0 Å². The molecule has 17 heavy (non-hydrogen) atoms. The molecule has 4 heteroatoms. The molecule has 0 saturated carbocycles. The highest BCUT2D eigenvalue weighted by Gasteiger charge is 2.10. The van der Waals surface area contributed by atoms with Gasteiger partial charge in [-0.25, -0.2) is 4.98 Å². The largest absolute Gasteiger partial charge is 0.289 e. The van der Waals surface area contributed by atoms with Crippen molar-refractivity contribution in [3.8, 4) is 0 Å². The van der Waals surface area contributed by atoms with E-state index in [0.717, 1.165) is 5.56 Å². The Kier molecular flexibility index (Phi) is 3.46. The van der Waals surface area contributed by atoms with E-state index < -0.39 is 0 Å². The van der Waals surface area contributed by atoms with E-state index in [-0.39, 0.29) is 5.78 Å². The van der Waals surface area contributed by atoms with Crippen molar-refractivity contribution in [2.45, 2.75) is 6.92 Å². The molecule has 1 heterocycles. The normalized spacial score (nSPS) is 10.3. The molecule has 2 nitrogen and oxygen atoms in total. The smallest absolute Gasteiger partial charge is 0.193 e. The Morgan fingerprint density at radius 3 is 2.47 bits per heavy atom. The van der Waals surface area contributed by atoms with Crippen LogP contribution in [-0.2, 0) is 0 Å². The van der Waals surface area contributed by atoms with Gasteiger partial charge in [-0.05, 0) is 30.7 Å². The molecule has 0 aliphatic carbocycles. The zero-order valence-electron chi connectivity index (χ0n) is 9.08. The van der Waals surface area contributed by atoms with Crippen molar-refractivity contribution in [2.24, 2.45) is 0 Å². The number of pyridine rings is 1. The summed E-state index contributed by atoms with van der Waals surface area (Å²) in [6.07, 6.45) is 1.51. The predicted molar refractivity (Wildman–Crippen MR) is 68.9 cm³/mol. The van der Waals surface area contributed by atoms with Crippen LogP contribution in [0.5, 0.6) is 0 Å². The van der Waals surface area contributed by atoms with Gasteiger partial charge in [-0.1, -0.05) is 35.3 Å². The van der Waals surface area contributed by atoms with E-state index >= 15 is 0 Å². The molecule has 2 rings (SSSR count). The van der Waals surface area contributed by atoms with E-state index in [4.69, 9.17) is 23.2 Å². The van der Waals surface area contributed by atoms with Gasteiger partial charge in [0.2, 0.25) is 0 Å². The van der Waals surface area contributed by atoms with Crippen LogP contribution in [0.15, 0.2) is 36.5 Å². The van der Waals surface area contributed by atoms with Crippen LogP contribution in [0.25, 0.3) is 0 Å². The molecule has 0 spiro atoms. The average Bonchev–Trinajstić information content (AvgIpc) is 2.32. The Hall–Kier alpha value is -1.38. The second kappa shape index (κ2) is 4.86. The summed E-state index contributed by atoms with van der Waals surface area (Å²) < 4.78 is 0. The second-order valence-corrected chi connectivity index (χ2v) is 4.45. The highest BCUT2D eigenvalue weighted by molar-refractivity contribution is 6.32. The monoisotopic (exact) mass is 265 g/mol. The van der Waals surface area contributed by atoms with Crippen molar-refractivity contribution >= 4 is 29.0 Å². The summed E-state index contributed by atoms with van der Waals surface area (Å²) in [5, 5.41) is 0.880. The molecule has 0 radical (unpaired) electrons. The average molecular weight is 266 g/mol. The molecular formula is C13H9Cl2NO. The van der Waals surface area contributed by atoms with Crippen molar-refractivity contribution in [1.82, 2.24) is 4.98 Å². The number of aryl methyl sites for hydroxylation is 1. The molecule has 0 aliphatic heterocycles. The number of carbonyl (C=O) groups excluding carboxylic acids is 1. The summed E-state index contributed by atoms with van der Waals surface area (Å²) in [5.74, 6) is -0.115. The number of ketones is 1. The van der Waals surface area contributed by atoms with E-state index in [9.17, 15) is 4.79 Å². The van der Waals surface area contributed by atoms with Gasteiger partial charge in [0, 0.05) is 22.3 Å². The minimum Gasteiger partial charge on any atom is -0.289 e. The fourth-order valence-electron chi connectivity index (χ4n) is 1.44. The first-order chi connectivity index (χ1) is 8.08. The summed E-state index contributed by atoms with van der Waals surface area (Å²) >= 11 is 11.7. The van der Waals surface area contributed by atoms with Crippen LogP contribution >= 0.6 is 23.2 Å². The number of aromatic nitrogens is 1. The molecule has 0 bridgehead atoms. The lowest BCUT2D eigenvalue weighted by Crippen LogP contribution is -2.01. The number of hydrogen-bond donors (Lipinski definition) is 0. The SMILES string of the molecule is Cc1ccc(C(=O)c2ccnc(Cl)c2)cc1Cl. The van der Waals surface area contributed by atoms with Gasteiger partial charge in [0.25, 0.3) is 0 Å². The minimum atomic E-state index is -0.115. The molecule has 1 aromatic carbocycles. The first-order valence-electron chi connectivity index (χ1n) is 5.00. The van der Waals surface area contributed by atoms with E-state index in [2.05, 4.69) is 4.98 Å². The molecule has 0 fully saturated rings. The van der Waals surface area contributed by atoms with Crippen molar-refractivity contribution in [3.63, 3.8) is 0 Å². The zero-order chi connectivity index (χ0) is 12.4. The second-order valence-electron chi connectivity index (χ2n) is 3.66. The van der Waals surface area contributed by atoms with Crippen LogP contribution in [0, 0.1) is 6.92 Å². The van der Waals surface area contributed by atoms with Gasteiger partial charge in [0.15, 0.2) is 5.78 Å². The zero-order valence-corrected chi connectivity index (χ0v) is 10.6. The van der Waals surface area contributed by atoms with Gasteiger partial charge in [-0.15, -0.1) is 0 Å². The van der Waals surface area contributed by atoms with E-state index in [1.165, 1.54) is 12.3 Å². The van der Waals surface area contributed by atoms with E-state index in [1.54, 1.807) is 18.2 Å². The lowest BCUT2D eigenvalue weighted by Gasteiger charge is -2.03. The maximum absolute atomic E-state index is 12.1. The van der Waals surface area contributed by atoms with Crippen molar-refractivity contribution in [1.29, 1.82) is 0 Å². The van der Waals surface area contributed by atoms with Gasteiger partial charge in [0.1, 0.15) is 5.15 Å². The van der Waals surface area contributed by atoms with Crippen LogP contribution in [0.3, 0.4) is 0 Å². The molecule has 0 atom stereocenters. The Morgan fingerprint density at radius 1 is 1.12 bits per heavy atom. The summed E-state index contributed by atoms with van der Waals surface area (Å²) in [4.78, 5) is 16.0. The third-order valence-electron chi connectivity index (χ3n) is 2.42. The molecule has 0 N–H and O–H groups in total. The summed E-state index contributed by atoms with van der Waals surface area (Å²) in [7, 11) is 0. The lowest BCUT2D eigenvalue weighted by molar-refractivity contribution is 0.103. The fraction of sp³-hybridized carbons (Fsp3) is 0.0769. The number of hydrogen-bond acceptors (Lipinski definition) is 2. The molecule has 0 aliphatic rings. The Balaban J connectivity index is 2.40. The van der Waals surface area contributed by atoms with Crippen molar-refractivity contribution < 1.29 is 4.79 Å². The maximum Gasteiger partial charge on any atom is 0.193 e. The third kappa shape index (κ3) is 2.65. The van der Waals surface area contributed by atoms with E-state index in [1.807, 2.05) is 13.0 Å². The molecule has 0 saturated heterocycles. The van der Waals surface area contributed by atoms with Crippen LogP contribution in [-0.4, -0.2) is 10.8 Å². The van der Waals surface area contributed by atoms with Crippen molar-refractivity contribution in [2.75, 3.05) is 0 Å². The number of benzene rings is 1. The van der Waals surface area contributed by atoms with Gasteiger partial charge < -0.3 is 0 Å². The van der Waals surface area contributed by atoms with Gasteiger partial charge in [0.05, 0.1) is 0 Å². The third-order valence-corrected chi connectivity index (χ3v) is 3.04. The van der Waals surface area contributed by atoms with Crippen LogP contribution in [0.1, 0.15) is 21.5 Å². The number of nitrogens with zero attached hydrogens (tertiary/aromatic N) is 1. The standard InChI is InChI=1S/C13H9Cl2NO/c1-8-2-3-9(6-11(8)14)13(17)10-4-5-16-12(15)7-10/h2-7H,1H3. The number of rotatable bonds is 2. The summed E-state index contributed by atoms with van der Waals surface area (Å²) in [5.41, 5.74) is 1.99. The molecule has 2 aromatic rings. The number of carbonyl (C=O) groups is 1. The van der Waals surface area contributed by atoms with Gasteiger partial charge >= 0.3 is 0 Å². The highest BCUT2D eigenvalue weighted by Crippen LogP contribution is 2.19. The minimum absolute atomic E-state index is 0.115. The Labute approximate surface area is 109 Å². The summed E-state index contributed by atoms with van der Waals surface area (Å²) in [6.45, 7) is 1.89.